The first-order chi connectivity index (χ1) is 8.72. The molecule has 5 heteroatoms. The summed E-state index contributed by atoms with van der Waals surface area (Å²) in [6.45, 7) is 0.870. The fourth-order valence-electron chi connectivity index (χ4n) is 2.42. The van der Waals surface area contributed by atoms with Crippen LogP contribution in [-0.2, 0) is 0 Å². The number of carbonyl (C=O) groups is 1. The Hall–Kier alpha value is -1.13. The standard InChI is InChI=1S/C13H17ClN2O2/c14-12-9-10(4-6-15-12)13(18)16-7-2-1-3-11(16)5-8-17/h4,6,9,11,17H,1-3,5,7-8H2. The predicted molar refractivity (Wildman–Crippen MR) is 69.6 cm³/mol. The van der Waals surface area contributed by atoms with Crippen LogP contribution in [0.5, 0.6) is 0 Å². The maximum Gasteiger partial charge on any atom is 0.254 e. The quantitative estimate of drug-likeness (QED) is 0.855. The van der Waals surface area contributed by atoms with Crippen molar-refractivity contribution in [3.63, 3.8) is 0 Å². The van der Waals surface area contributed by atoms with Crippen molar-refractivity contribution < 1.29 is 9.90 Å². The molecule has 0 saturated carbocycles. The van der Waals surface area contributed by atoms with Gasteiger partial charge in [-0.3, -0.25) is 4.79 Å². The van der Waals surface area contributed by atoms with Crippen LogP contribution in [0.2, 0.25) is 5.15 Å². The van der Waals surface area contributed by atoms with E-state index in [9.17, 15) is 4.79 Å². The minimum atomic E-state index is -0.0162. The minimum absolute atomic E-state index is 0.0162. The summed E-state index contributed by atoms with van der Waals surface area (Å²) in [5.74, 6) is -0.0162. The van der Waals surface area contributed by atoms with Crippen LogP contribution in [0, 0.1) is 0 Å². The summed E-state index contributed by atoms with van der Waals surface area (Å²) in [6, 6.07) is 3.41. The Labute approximate surface area is 112 Å². The molecule has 0 radical (unpaired) electrons. The lowest BCUT2D eigenvalue weighted by atomic mass is 9.98. The highest BCUT2D eigenvalue weighted by molar-refractivity contribution is 6.29. The lowest BCUT2D eigenvalue weighted by Gasteiger charge is -2.35. The molecular formula is C13H17ClN2O2. The number of halogens is 1. The zero-order valence-corrected chi connectivity index (χ0v) is 10.9. The average molecular weight is 269 g/mol. The molecule has 18 heavy (non-hydrogen) atoms. The zero-order chi connectivity index (χ0) is 13.0. The van der Waals surface area contributed by atoms with Crippen molar-refractivity contribution in [1.29, 1.82) is 0 Å². The van der Waals surface area contributed by atoms with E-state index >= 15 is 0 Å². The maximum atomic E-state index is 12.4. The molecule has 0 aromatic carbocycles. The lowest BCUT2D eigenvalue weighted by molar-refractivity contribution is 0.0574. The summed E-state index contributed by atoms with van der Waals surface area (Å²) in [4.78, 5) is 18.1. The van der Waals surface area contributed by atoms with E-state index in [0.717, 1.165) is 25.8 Å². The molecular weight excluding hydrogens is 252 g/mol. The summed E-state index contributed by atoms with van der Waals surface area (Å²) in [6.07, 6.45) is 5.29. The highest BCUT2D eigenvalue weighted by atomic mass is 35.5. The van der Waals surface area contributed by atoms with E-state index in [4.69, 9.17) is 16.7 Å². The summed E-state index contributed by atoms with van der Waals surface area (Å²) in [5.41, 5.74) is 0.569. The van der Waals surface area contributed by atoms with Gasteiger partial charge in [0.05, 0.1) is 0 Å². The summed E-state index contributed by atoms with van der Waals surface area (Å²) in [7, 11) is 0. The molecule has 1 aliphatic heterocycles. The highest BCUT2D eigenvalue weighted by Crippen LogP contribution is 2.22. The van der Waals surface area contributed by atoms with E-state index in [2.05, 4.69) is 4.98 Å². The molecule has 1 atom stereocenters. The van der Waals surface area contributed by atoms with Crippen molar-refractivity contribution >= 4 is 17.5 Å². The third-order valence-corrected chi connectivity index (χ3v) is 3.53. The van der Waals surface area contributed by atoms with Crippen molar-refractivity contribution in [3.8, 4) is 0 Å². The molecule has 98 valence electrons. The number of aromatic nitrogens is 1. The Morgan fingerprint density at radius 2 is 2.39 bits per heavy atom. The first-order valence-electron chi connectivity index (χ1n) is 6.26. The van der Waals surface area contributed by atoms with Gasteiger partial charge in [0.2, 0.25) is 0 Å². The molecule has 1 aromatic rings. The SMILES string of the molecule is O=C(c1ccnc(Cl)c1)N1CCCCC1CCO. The van der Waals surface area contributed by atoms with E-state index in [0.29, 0.717) is 17.1 Å². The molecule has 1 amide bonds. The van der Waals surface area contributed by atoms with Crippen LogP contribution in [0.4, 0.5) is 0 Å². The van der Waals surface area contributed by atoms with E-state index in [1.165, 1.54) is 0 Å². The van der Waals surface area contributed by atoms with Crippen molar-refractivity contribution in [2.45, 2.75) is 31.7 Å². The van der Waals surface area contributed by atoms with Crippen LogP contribution in [-0.4, -0.2) is 40.1 Å². The van der Waals surface area contributed by atoms with Gasteiger partial charge in [0, 0.05) is 31.0 Å². The molecule has 1 saturated heterocycles. The first-order valence-corrected chi connectivity index (χ1v) is 6.63. The van der Waals surface area contributed by atoms with Gasteiger partial charge >= 0.3 is 0 Å². The number of likely N-dealkylation sites (tertiary alicyclic amines) is 1. The molecule has 2 rings (SSSR count). The number of aliphatic hydroxyl groups excluding tert-OH is 1. The Kier molecular flexibility index (Phi) is 4.55. The maximum absolute atomic E-state index is 12.4. The zero-order valence-electron chi connectivity index (χ0n) is 10.2. The van der Waals surface area contributed by atoms with E-state index in [1.807, 2.05) is 4.90 Å². The Morgan fingerprint density at radius 3 is 3.11 bits per heavy atom. The number of hydrogen-bond acceptors (Lipinski definition) is 3. The van der Waals surface area contributed by atoms with E-state index in [-0.39, 0.29) is 18.6 Å². The Morgan fingerprint density at radius 1 is 1.56 bits per heavy atom. The fraction of sp³-hybridized carbons (Fsp3) is 0.538. The first kappa shape index (κ1) is 13.3. The number of carbonyl (C=O) groups excluding carboxylic acids is 1. The molecule has 2 heterocycles. The smallest absolute Gasteiger partial charge is 0.254 e. The largest absolute Gasteiger partial charge is 0.396 e. The van der Waals surface area contributed by atoms with Gasteiger partial charge in [0.1, 0.15) is 5.15 Å². The van der Waals surface area contributed by atoms with Gasteiger partial charge in [-0.05, 0) is 37.8 Å². The number of nitrogens with zero attached hydrogens (tertiary/aromatic N) is 2. The predicted octanol–water partition coefficient (Wildman–Crippen LogP) is 2.11. The second-order valence-corrected chi connectivity index (χ2v) is 4.91. The molecule has 0 aliphatic carbocycles. The molecule has 1 unspecified atom stereocenters. The highest BCUT2D eigenvalue weighted by Gasteiger charge is 2.27. The van der Waals surface area contributed by atoms with Crippen LogP contribution >= 0.6 is 11.6 Å². The molecule has 1 fully saturated rings. The summed E-state index contributed by atoms with van der Waals surface area (Å²) in [5, 5.41) is 9.39. The van der Waals surface area contributed by atoms with Crippen LogP contribution in [0.25, 0.3) is 0 Å². The second kappa shape index (κ2) is 6.16. The fourth-order valence-corrected chi connectivity index (χ4v) is 2.59. The Bertz CT molecular complexity index is 423. The van der Waals surface area contributed by atoms with Gasteiger partial charge < -0.3 is 10.0 Å². The van der Waals surface area contributed by atoms with Crippen LogP contribution < -0.4 is 0 Å². The molecule has 1 N–H and O–H groups in total. The van der Waals surface area contributed by atoms with Gasteiger partial charge in [-0.25, -0.2) is 4.98 Å². The number of hydrogen-bond donors (Lipinski definition) is 1. The monoisotopic (exact) mass is 268 g/mol. The summed E-state index contributed by atoms with van der Waals surface area (Å²) < 4.78 is 0. The van der Waals surface area contributed by atoms with Gasteiger partial charge in [-0.15, -0.1) is 0 Å². The third-order valence-electron chi connectivity index (χ3n) is 3.32. The number of piperidine rings is 1. The molecule has 0 bridgehead atoms. The van der Waals surface area contributed by atoms with Crippen molar-refractivity contribution in [2.24, 2.45) is 0 Å². The lowest BCUT2D eigenvalue weighted by Crippen LogP contribution is -2.44. The Balaban J connectivity index is 2.15. The normalized spacial score (nSPS) is 19.9. The molecule has 4 nitrogen and oxygen atoms in total. The number of rotatable bonds is 3. The average Bonchev–Trinajstić information content (AvgIpc) is 2.39. The topological polar surface area (TPSA) is 53.4 Å². The molecule has 1 aromatic heterocycles. The van der Waals surface area contributed by atoms with Gasteiger partial charge in [0.15, 0.2) is 0 Å². The van der Waals surface area contributed by atoms with Crippen LogP contribution in [0.15, 0.2) is 18.3 Å². The minimum Gasteiger partial charge on any atom is -0.396 e. The van der Waals surface area contributed by atoms with Gasteiger partial charge in [-0.1, -0.05) is 11.6 Å². The van der Waals surface area contributed by atoms with Crippen LogP contribution in [0.1, 0.15) is 36.0 Å². The second-order valence-electron chi connectivity index (χ2n) is 4.53. The molecule has 1 aliphatic rings. The van der Waals surface area contributed by atoms with Crippen LogP contribution in [0.3, 0.4) is 0 Å². The number of pyridine rings is 1. The van der Waals surface area contributed by atoms with E-state index in [1.54, 1.807) is 18.3 Å². The van der Waals surface area contributed by atoms with Crippen molar-refractivity contribution in [3.05, 3.63) is 29.0 Å². The summed E-state index contributed by atoms with van der Waals surface area (Å²) >= 11 is 5.80. The van der Waals surface area contributed by atoms with Gasteiger partial charge in [0.25, 0.3) is 5.91 Å². The molecule has 0 spiro atoms. The van der Waals surface area contributed by atoms with Crippen molar-refractivity contribution in [1.82, 2.24) is 9.88 Å². The van der Waals surface area contributed by atoms with E-state index < -0.39 is 0 Å². The third kappa shape index (κ3) is 3.00. The van der Waals surface area contributed by atoms with Gasteiger partial charge in [-0.2, -0.15) is 0 Å². The number of amides is 1. The number of aliphatic hydroxyl groups is 1. The van der Waals surface area contributed by atoms with Crippen molar-refractivity contribution in [2.75, 3.05) is 13.2 Å².